The molecule has 1 aromatic rings. The summed E-state index contributed by atoms with van der Waals surface area (Å²) in [6, 6.07) is 5.09. The first kappa shape index (κ1) is 21.4. The Hall–Kier alpha value is -0.860. The van der Waals surface area contributed by atoms with Crippen LogP contribution in [0.5, 0.6) is 0 Å². The second kappa shape index (κ2) is 9.37. The van der Waals surface area contributed by atoms with Crippen molar-refractivity contribution >= 4 is 38.9 Å². The molecule has 1 atom stereocenters. The Morgan fingerprint density at radius 2 is 2.04 bits per heavy atom. The second-order valence-electron chi connectivity index (χ2n) is 6.56. The molecule has 0 aliphatic carbocycles. The predicted molar refractivity (Wildman–Crippen MR) is 103 cm³/mol. The minimum atomic E-state index is -3.06. The first-order valence-corrected chi connectivity index (χ1v) is 10.9. The number of nitrogens with zero attached hydrogens (tertiary/aromatic N) is 2. The van der Waals surface area contributed by atoms with E-state index in [0.717, 1.165) is 5.56 Å². The predicted octanol–water partition coefficient (Wildman–Crippen LogP) is 2.09. The van der Waals surface area contributed by atoms with Gasteiger partial charge in [0.25, 0.3) is 0 Å². The average molecular weight is 423 g/mol. The van der Waals surface area contributed by atoms with E-state index in [1.165, 1.54) is 0 Å². The van der Waals surface area contributed by atoms with Gasteiger partial charge in [0, 0.05) is 26.2 Å². The van der Waals surface area contributed by atoms with Crippen molar-refractivity contribution in [2.75, 3.05) is 45.4 Å². The molecular formula is C17H24Cl2N2O4S. The number of methoxy groups -OCH3 is 1. The molecule has 1 aliphatic heterocycles. The number of hydrogen-bond acceptors (Lipinski definition) is 5. The molecule has 1 saturated heterocycles. The van der Waals surface area contributed by atoms with Crippen molar-refractivity contribution in [1.29, 1.82) is 0 Å². The molecule has 1 aliphatic rings. The summed E-state index contributed by atoms with van der Waals surface area (Å²) in [6.07, 6.45) is 0.480. The van der Waals surface area contributed by atoms with Gasteiger partial charge in [0.15, 0.2) is 9.84 Å². The Labute approximate surface area is 164 Å². The fourth-order valence-electron chi connectivity index (χ4n) is 3.05. The van der Waals surface area contributed by atoms with Crippen molar-refractivity contribution in [3.05, 3.63) is 33.8 Å². The summed E-state index contributed by atoms with van der Waals surface area (Å²) in [7, 11) is 0.333. The molecule has 9 heteroatoms. The zero-order chi connectivity index (χ0) is 19.3. The summed E-state index contributed by atoms with van der Waals surface area (Å²) in [6.45, 7) is 1.47. The van der Waals surface area contributed by atoms with Crippen LogP contribution >= 0.6 is 23.2 Å². The van der Waals surface area contributed by atoms with E-state index in [-0.39, 0.29) is 30.0 Å². The smallest absolute Gasteiger partial charge is 0.237 e. The van der Waals surface area contributed by atoms with Gasteiger partial charge in [-0.25, -0.2) is 8.42 Å². The molecule has 1 aromatic carbocycles. The highest BCUT2D eigenvalue weighted by molar-refractivity contribution is 7.91. The van der Waals surface area contributed by atoms with Gasteiger partial charge < -0.3 is 9.64 Å². The summed E-state index contributed by atoms with van der Waals surface area (Å²) in [5, 5.41) is 0.962. The topological polar surface area (TPSA) is 66.9 Å². The van der Waals surface area contributed by atoms with Gasteiger partial charge in [-0.2, -0.15) is 0 Å². The van der Waals surface area contributed by atoms with Crippen molar-refractivity contribution in [3.63, 3.8) is 0 Å². The lowest BCUT2D eigenvalue weighted by molar-refractivity contribution is -0.134. The van der Waals surface area contributed by atoms with Crippen LogP contribution in [0.3, 0.4) is 0 Å². The Morgan fingerprint density at radius 1 is 1.31 bits per heavy atom. The monoisotopic (exact) mass is 422 g/mol. The molecular weight excluding hydrogens is 399 g/mol. The van der Waals surface area contributed by atoms with E-state index < -0.39 is 9.84 Å². The Balaban J connectivity index is 1.99. The molecule has 0 saturated carbocycles. The molecule has 0 radical (unpaired) electrons. The number of carbonyl (C=O) groups is 1. The Bertz CT molecular complexity index is 742. The minimum absolute atomic E-state index is 0.0267. The molecule has 6 nitrogen and oxygen atoms in total. The molecule has 0 spiro atoms. The van der Waals surface area contributed by atoms with Gasteiger partial charge >= 0.3 is 0 Å². The van der Waals surface area contributed by atoms with E-state index >= 15 is 0 Å². The van der Waals surface area contributed by atoms with Crippen LogP contribution in [0, 0.1) is 0 Å². The number of ether oxygens (including phenoxy) is 1. The van der Waals surface area contributed by atoms with Gasteiger partial charge in [-0.1, -0.05) is 29.3 Å². The van der Waals surface area contributed by atoms with Crippen LogP contribution in [0.4, 0.5) is 0 Å². The molecule has 1 unspecified atom stereocenters. The maximum atomic E-state index is 12.8. The van der Waals surface area contributed by atoms with Gasteiger partial charge in [0.1, 0.15) is 0 Å². The summed E-state index contributed by atoms with van der Waals surface area (Å²) < 4.78 is 28.6. The fraction of sp³-hybridized carbons (Fsp3) is 0.588. The molecule has 146 valence electrons. The SMILES string of the molecule is COCCN(C(=O)CN(C)Cc1ccc(Cl)c(Cl)c1)C1CCS(=O)(=O)C1. The van der Waals surface area contributed by atoms with Crippen LogP contribution in [-0.2, 0) is 25.9 Å². The van der Waals surface area contributed by atoms with E-state index in [1.54, 1.807) is 24.1 Å². The summed E-state index contributed by atoms with van der Waals surface area (Å²) in [4.78, 5) is 16.3. The molecule has 26 heavy (non-hydrogen) atoms. The Kier molecular flexibility index (Phi) is 7.73. The Morgan fingerprint density at radius 3 is 2.62 bits per heavy atom. The van der Waals surface area contributed by atoms with Crippen molar-refractivity contribution in [1.82, 2.24) is 9.80 Å². The van der Waals surface area contributed by atoms with Crippen LogP contribution < -0.4 is 0 Å². The second-order valence-corrected chi connectivity index (χ2v) is 9.60. The van der Waals surface area contributed by atoms with E-state index in [2.05, 4.69) is 0 Å². The van der Waals surface area contributed by atoms with Gasteiger partial charge in [0.2, 0.25) is 5.91 Å². The highest BCUT2D eigenvalue weighted by atomic mass is 35.5. The van der Waals surface area contributed by atoms with Gasteiger partial charge in [0.05, 0.1) is 34.7 Å². The summed E-state index contributed by atoms with van der Waals surface area (Å²) >= 11 is 11.9. The number of amides is 1. The van der Waals surface area contributed by atoms with Gasteiger partial charge in [-0.05, 0) is 31.2 Å². The third-order valence-corrected chi connectivity index (χ3v) is 6.84. The van der Waals surface area contributed by atoms with Crippen LogP contribution in [0.25, 0.3) is 0 Å². The molecule has 2 rings (SSSR count). The van der Waals surface area contributed by atoms with Crippen molar-refractivity contribution < 1.29 is 17.9 Å². The quantitative estimate of drug-likeness (QED) is 0.641. The molecule has 1 heterocycles. The number of likely N-dealkylation sites (N-methyl/N-ethyl adjacent to an activating group) is 1. The van der Waals surface area contributed by atoms with Gasteiger partial charge in [-0.3, -0.25) is 9.69 Å². The summed E-state index contributed by atoms with van der Waals surface area (Å²) in [5.41, 5.74) is 0.946. The lowest BCUT2D eigenvalue weighted by Gasteiger charge is -2.30. The number of hydrogen-bond donors (Lipinski definition) is 0. The fourth-order valence-corrected chi connectivity index (χ4v) is 5.10. The minimum Gasteiger partial charge on any atom is -0.383 e. The first-order valence-electron chi connectivity index (χ1n) is 8.33. The van der Waals surface area contributed by atoms with Crippen molar-refractivity contribution in [2.24, 2.45) is 0 Å². The van der Waals surface area contributed by atoms with Crippen LogP contribution in [0.15, 0.2) is 18.2 Å². The maximum absolute atomic E-state index is 12.8. The number of carbonyl (C=O) groups excluding carboxylic acids is 1. The normalized spacial score (nSPS) is 19.0. The number of sulfone groups is 1. The third kappa shape index (κ3) is 6.09. The molecule has 1 fully saturated rings. The first-order chi connectivity index (χ1) is 12.2. The number of benzene rings is 1. The van der Waals surface area contributed by atoms with E-state index in [4.69, 9.17) is 27.9 Å². The van der Waals surface area contributed by atoms with E-state index in [9.17, 15) is 13.2 Å². The maximum Gasteiger partial charge on any atom is 0.237 e. The van der Waals surface area contributed by atoms with Crippen LogP contribution in [-0.4, -0.2) is 75.5 Å². The van der Waals surface area contributed by atoms with E-state index in [1.807, 2.05) is 18.0 Å². The average Bonchev–Trinajstić information content (AvgIpc) is 2.91. The highest BCUT2D eigenvalue weighted by Gasteiger charge is 2.34. The zero-order valence-corrected chi connectivity index (χ0v) is 17.3. The molecule has 0 aromatic heterocycles. The lowest BCUT2D eigenvalue weighted by atomic mass is 10.2. The standard InChI is InChI=1S/C17H24Cl2N2O4S/c1-20(10-13-3-4-15(18)16(19)9-13)11-17(22)21(6-7-25-2)14-5-8-26(23,24)12-14/h3-4,9,14H,5-8,10-12H2,1-2H3. The van der Waals surface area contributed by atoms with Crippen molar-refractivity contribution in [3.8, 4) is 0 Å². The van der Waals surface area contributed by atoms with Gasteiger partial charge in [-0.15, -0.1) is 0 Å². The lowest BCUT2D eigenvalue weighted by Crippen LogP contribution is -2.47. The zero-order valence-electron chi connectivity index (χ0n) is 15.0. The molecule has 1 amide bonds. The number of rotatable bonds is 8. The molecule has 0 N–H and O–H groups in total. The number of halogens is 2. The largest absolute Gasteiger partial charge is 0.383 e. The highest BCUT2D eigenvalue weighted by Crippen LogP contribution is 2.23. The summed E-state index contributed by atoms with van der Waals surface area (Å²) in [5.74, 6) is 0.0543. The van der Waals surface area contributed by atoms with Crippen LogP contribution in [0.2, 0.25) is 10.0 Å². The van der Waals surface area contributed by atoms with Crippen LogP contribution in [0.1, 0.15) is 12.0 Å². The van der Waals surface area contributed by atoms with Crippen molar-refractivity contribution in [2.45, 2.75) is 19.0 Å². The third-order valence-electron chi connectivity index (χ3n) is 4.35. The van der Waals surface area contributed by atoms with E-state index in [0.29, 0.717) is 36.2 Å². The molecule has 0 bridgehead atoms.